The molecule has 1 fully saturated rings. The molecule has 1 amide bonds. The van der Waals surface area contributed by atoms with Crippen molar-refractivity contribution in [2.24, 2.45) is 17.1 Å². The standard InChI is InChI=1S/C12H22N2O3/c1-12(2,11(16)17)7-14-9-5-3-8(4-6-9)10(13)15/h8-9,14H,3-7H2,1-2H3,(H2,13,15)(H,16,17). The highest BCUT2D eigenvalue weighted by Gasteiger charge is 2.29. The van der Waals surface area contributed by atoms with E-state index in [0.717, 1.165) is 25.7 Å². The molecule has 0 saturated heterocycles. The Morgan fingerprint density at radius 3 is 2.24 bits per heavy atom. The first kappa shape index (κ1) is 14.0. The zero-order chi connectivity index (χ0) is 13.1. The number of nitrogens with two attached hydrogens (primary N) is 1. The number of nitrogens with one attached hydrogen (secondary N) is 1. The molecule has 17 heavy (non-hydrogen) atoms. The molecule has 0 unspecified atom stereocenters. The summed E-state index contributed by atoms with van der Waals surface area (Å²) in [4.78, 5) is 21.9. The number of aliphatic carboxylic acids is 1. The average Bonchev–Trinajstić information content (AvgIpc) is 2.27. The molecule has 0 radical (unpaired) electrons. The van der Waals surface area contributed by atoms with E-state index in [4.69, 9.17) is 10.8 Å². The van der Waals surface area contributed by atoms with Crippen molar-refractivity contribution in [1.82, 2.24) is 5.32 Å². The van der Waals surface area contributed by atoms with Crippen LogP contribution in [0.1, 0.15) is 39.5 Å². The van der Waals surface area contributed by atoms with Crippen molar-refractivity contribution in [1.29, 1.82) is 0 Å². The van der Waals surface area contributed by atoms with E-state index in [1.807, 2.05) is 0 Å². The first-order valence-corrected chi connectivity index (χ1v) is 6.09. The molecule has 0 bridgehead atoms. The summed E-state index contributed by atoms with van der Waals surface area (Å²) in [5.41, 5.74) is 4.51. The minimum absolute atomic E-state index is 0.000494. The predicted molar refractivity (Wildman–Crippen MR) is 64.4 cm³/mol. The van der Waals surface area contributed by atoms with Crippen LogP contribution >= 0.6 is 0 Å². The van der Waals surface area contributed by atoms with Crippen LogP contribution in [0.4, 0.5) is 0 Å². The molecule has 0 aromatic carbocycles. The predicted octanol–water partition coefficient (Wildman–Crippen LogP) is 0.731. The van der Waals surface area contributed by atoms with Crippen molar-refractivity contribution in [2.75, 3.05) is 6.54 Å². The first-order chi connectivity index (χ1) is 7.83. The van der Waals surface area contributed by atoms with Gasteiger partial charge in [0.05, 0.1) is 5.41 Å². The van der Waals surface area contributed by atoms with Crippen molar-refractivity contribution in [2.45, 2.75) is 45.6 Å². The second-order valence-electron chi connectivity index (χ2n) is 5.52. The maximum atomic E-state index is 11.0. The third kappa shape index (κ3) is 4.00. The van der Waals surface area contributed by atoms with Gasteiger partial charge in [-0.05, 0) is 39.5 Å². The summed E-state index contributed by atoms with van der Waals surface area (Å²) in [6, 6.07) is 0.309. The number of primary amides is 1. The number of carboxylic acid groups (broad SMARTS) is 1. The van der Waals surface area contributed by atoms with Gasteiger partial charge < -0.3 is 16.2 Å². The molecule has 1 aliphatic carbocycles. The Morgan fingerprint density at radius 1 is 1.29 bits per heavy atom. The summed E-state index contributed by atoms with van der Waals surface area (Å²) in [7, 11) is 0. The maximum absolute atomic E-state index is 11.0. The van der Waals surface area contributed by atoms with Crippen molar-refractivity contribution >= 4 is 11.9 Å². The first-order valence-electron chi connectivity index (χ1n) is 6.09. The molecule has 5 nitrogen and oxygen atoms in total. The fourth-order valence-corrected chi connectivity index (χ4v) is 2.06. The second kappa shape index (κ2) is 5.49. The van der Waals surface area contributed by atoms with Gasteiger partial charge in [0.1, 0.15) is 0 Å². The van der Waals surface area contributed by atoms with Crippen molar-refractivity contribution in [3.63, 3.8) is 0 Å². The van der Waals surface area contributed by atoms with Crippen LogP contribution in [-0.2, 0) is 9.59 Å². The van der Waals surface area contributed by atoms with Crippen LogP contribution in [0.25, 0.3) is 0 Å². The summed E-state index contributed by atoms with van der Waals surface area (Å²) in [6.07, 6.45) is 3.40. The van der Waals surface area contributed by atoms with E-state index in [2.05, 4.69) is 5.32 Å². The fraction of sp³-hybridized carbons (Fsp3) is 0.833. The summed E-state index contributed by atoms with van der Waals surface area (Å²) in [5.74, 6) is -1.01. The molecule has 1 aliphatic rings. The summed E-state index contributed by atoms with van der Waals surface area (Å²) in [6.45, 7) is 3.86. The highest BCUT2D eigenvalue weighted by molar-refractivity contribution is 5.76. The third-order valence-corrected chi connectivity index (χ3v) is 3.54. The van der Waals surface area contributed by atoms with Crippen molar-refractivity contribution in [3.8, 4) is 0 Å². The Balaban J connectivity index is 2.32. The molecule has 1 rings (SSSR count). The lowest BCUT2D eigenvalue weighted by molar-refractivity contribution is -0.146. The molecule has 1 saturated carbocycles. The molecular weight excluding hydrogens is 220 g/mol. The van der Waals surface area contributed by atoms with Crippen LogP contribution in [0.5, 0.6) is 0 Å². The number of carbonyl (C=O) groups excluding carboxylic acids is 1. The molecule has 98 valence electrons. The van der Waals surface area contributed by atoms with E-state index in [1.54, 1.807) is 13.8 Å². The Kier molecular flexibility index (Phi) is 4.51. The highest BCUT2D eigenvalue weighted by atomic mass is 16.4. The lowest BCUT2D eigenvalue weighted by atomic mass is 9.85. The summed E-state index contributed by atoms with van der Waals surface area (Å²) in [5, 5.41) is 12.3. The van der Waals surface area contributed by atoms with Gasteiger partial charge in [-0.2, -0.15) is 0 Å². The van der Waals surface area contributed by atoms with Gasteiger partial charge in [0.15, 0.2) is 0 Å². The Labute approximate surface area is 102 Å². The smallest absolute Gasteiger partial charge is 0.310 e. The quantitative estimate of drug-likeness (QED) is 0.662. The van der Waals surface area contributed by atoms with Crippen LogP contribution in [-0.4, -0.2) is 29.6 Å². The van der Waals surface area contributed by atoms with Gasteiger partial charge in [0.2, 0.25) is 5.91 Å². The van der Waals surface area contributed by atoms with Crippen LogP contribution in [0.15, 0.2) is 0 Å². The number of amides is 1. The fourth-order valence-electron chi connectivity index (χ4n) is 2.06. The van der Waals surface area contributed by atoms with E-state index in [0.29, 0.717) is 12.6 Å². The van der Waals surface area contributed by atoms with Gasteiger partial charge in [-0.15, -0.1) is 0 Å². The summed E-state index contributed by atoms with van der Waals surface area (Å²) < 4.78 is 0. The number of carboxylic acids is 1. The molecule has 0 aromatic heterocycles. The van der Waals surface area contributed by atoms with Crippen LogP contribution in [0.3, 0.4) is 0 Å². The molecular formula is C12H22N2O3. The van der Waals surface area contributed by atoms with Gasteiger partial charge in [0, 0.05) is 18.5 Å². The van der Waals surface area contributed by atoms with Gasteiger partial charge in [-0.25, -0.2) is 0 Å². The van der Waals surface area contributed by atoms with E-state index < -0.39 is 11.4 Å². The van der Waals surface area contributed by atoms with E-state index in [-0.39, 0.29) is 11.8 Å². The highest BCUT2D eigenvalue weighted by Crippen LogP contribution is 2.24. The van der Waals surface area contributed by atoms with Crippen molar-refractivity contribution in [3.05, 3.63) is 0 Å². The van der Waals surface area contributed by atoms with Crippen molar-refractivity contribution < 1.29 is 14.7 Å². The maximum Gasteiger partial charge on any atom is 0.310 e. The topological polar surface area (TPSA) is 92.4 Å². The zero-order valence-corrected chi connectivity index (χ0v) is 10.5. The number of hydrogen-bond acceptors (Lipinski definition) is 3. The van der Waals surface area contributed by atoms with Gasteiger partial charge in [0.25, 0.3) is 0 Å². The minimum atomic E-state index is -0.796. The molecule has 0 aliphatic heterocycles. The molecule has 0 aromatic rings. The van der Waals surface area contributed by atoms with E-state index in [1.165, 1.54) is 0 Å². The monoisotopic (exact) mass is 242 g/mol. The molecule has 5 heteroatoms. The Morgan fingerprint density at radius 2 is 1.82 bits per heavy atom. The van der Waals surface area contributed by atoms with Crippen LogP contribution < -0.4 is 11.1 Å². The molecule has 4 N–H and O–H groups in total. The lowest BCUT2D eigenvalue weighted by Crippen LogP contribution is -2.43. The number of hydrogen-bond donors (Lipinski definition) is 3. The largest absolute Gasteiger partial charge is 0.481 e. The average molecular weight is 242 g/mol. The SMILES string of the molecule is CC(C)(CNC1CCC(C(N)=O)CC1)C(=O)O. The van der Waals surface area contributed by atoms with Gasteiger partial charge >= 0.3 is 5.97 Å². The third-order valence-electron chi connectivity index (χ3n) is 3.54. The zero-order valence-electron chi connectivity index (χ0n) is 10.5. The van der Waals surface area contributed by atoms with E-state index >= 15 is 0 Å². The second-order valence-corrected chi connectivity index (χ2v) is 5.52. The summed E-state index contributed by atoms with van der Waals surface area (Å²) >= 11 is 0. The number of carbonyl (C=O) groups is 2. The Bertz CT molecular complexity index is 294. The normalized spacial score (nSPS) is 25.5. The van der Waals surface area contributed by atoms with Gasteiger partial charge in [-0.1, -0.05) is 0 Å². The number of rotatable bonds is 5. The Hall–Kier alpha value is -1.10. The van der Waals surface area contributed by atoms with Crippen LogP contribution in [0, 0.1) is 11.3 Å². The molecule has 0 heterocycles. The molecule has 0 atom stereocenters. The van der Waals surface area contributed by atoms with Gasteiger partial charge in [-0.3, -0.25) is 9.59 Å². The van der Waals surface area contributed by atoms with E-state index in [9.17, 15) is 9.59 Å². The molecule has 0 spiro atoms. The van der Waals surface area contributed by atoms with Crippen LogP contribution in [0.2, 0.25) is 0 Å². The lowest BCUT2D eigenvalue weighted by Gasteiger charge is -2.30. The minimum Gasteiger partial charge on any atom is -0.481 e.